The highest BCUT2D eigenvalue weighted by atomic mass is 32.1. The minimum Gasteiger partial charge on any atom is -0.464 e. The van der Waals surface area contributed by atoms with E-state index in [0.717, 1.165) is 11.1 Å². The lowest BCUT2D eigenvalue weighted by molar-refractivity contribution is 0.583. The van der Waals surface area contributed by atoms with E-state index in [9.17, 15) is 4.79 Å². The molecule has 0 fully saturated rings. The fraction of sp³-hybridized carbons (Fsp3) is 0.0714. The number of fused-ring (bicyclic) bond motifs is 1. The number of aromatic nitrogens is 4. The van der Waals surface area contributed by atoms with Crippen LogP contribution in [0.5, 0.6) is 0 Å². The summed E-state index contributed by atoms with van der Waals surface area (Å²) in [5, 5.41) is 6.54. The van der Waals surface area contributed by atoms with Crippen molar-refractivity contribution < 1.29 is 4.42 Å². The number of furan rings is 1. The highest BCUT2D eigenvalue weighted by molar-refractivity contribution is 7.17. The van der Waals surface area contributed by atoms with E-state index in [-0.39, 0.29) is 5.56 Å². The van der Waals surface area contributed by atoms with Gasteiger partial charge in [-0.15, -0.1) is 11.3 Å². The summed E-state index contributed by atoms with van der Waals surface area (Å²) in [6.45, 7) is 0. The monoisotopic (exact) mass is 298 g/mol. The van der Waals surface area contributed by atoms with E-state index in [1.807, 2.05) is 24.7 Å². The summed E-state index contributed by atoms with van der Waals surface area (Å²) in [5.74, 6) is 1.19. The van der Waals surface area contributed by atoms with E-state index in [1.165, 1.54) is 11.3 Å². The maximum absolute atomic E-state index is 12.4. The van der Waals surface area contributed by atoms with E-state index < -0.39 is 0 Å². The van der Waals surface area contributed by atoms with E-state index in [4.69, 9.17) is 4.42 Å². The Kier molecular flexibility index (Phi) is 2.55. The van der Waals surface area contributed by atoms with Crippen LogP contribution in [-0.2, 0) is 7.05 Å². The molecule has 0 saturated heterocycles. The average molecular weight is 298 g/mol. The number of rotatable bonds is 2. The largest absolute Gasteiger partial charge is 0.464 e. The Morgan fingerprint density at radius 2 is 2.33 bits per heavy atom. The molecular weight excluding hydrogens is 288 g/mol. The predicted molar refractivity (Wildman–Crippen MR) is 80.1 cm³/mol. The molecule has 0 aliphatic carbocycles. The predicted octanol–water partition coefficient (Wildman–Crippen LogP) is 2.65. The zero-order valence-electron chi connectivity index (χ0n) is 11.0. The summed E-state index contributed by atoms with van der Waals surface area (Å²) < 4.78 is 7.04. The van der Waals surface area contributed by atoms with Gasteiger partial charge in [0.25, 0.3) is 5.56 Å². The molecule has 0 amide bonds. The van der Waals surface area contributed by atoms with E-state index >= 15 is 0 Å². The van der Waals surface area contributed by atoms with Crippen molar-refractivity contribution >= 4 is 21.6 Å². The molecule has 4 rings (SSSR count). The van der Waals surface area contributed by atoms with Crippen molar-refractivity contribution in [2.75, 3.05) is 0 Å². The van der Waals surface area contributed by atoms with Gasteiger partial charge in [0.2, 0.25) is 0 Å². The van der Waals surface area contributed by atoms with Crippen molar-refractivity contribution in [2.45, 2.75) is 0 Å². The first-order chi connectivity index (χ1) is 10.2. The molecule has 0 unspecified atom stereocenters. The van der Waals surface area contributed by atoms with Crippen LogP contribution in [-0.4, -0.2) is 19.7 Å². The van der Waals surface area contributed by atoms with E-state index in [0.29, 0.717) is 21.8 Å². The number of hydrogen-bond acceptors (Lipinski definition) is 5. The normalized spacial score (nSPS) is 11.3. The van der Waals surface area contributed by atoms with Crippen LogP contribution < -0.4 is 5.56 Å². The third-order valence-corrected chi connectivity index (χ3v) is 4.08. The third-order valence-electron chi connectivity index (χ3n) is 3.21. The molecule has 0 spiro atoms. The lowest BCUT2D eigenvalue weighted by Gasteiger charge is -1.98. The third kappa shape index (κ3) is 1.90. The van der Waals surface area contributed by atoms with Gasteiger partial charge in [-0.2, -0.15) is 5.10 Å². The van der Waals surface area contributed by atoms with Gasteiger partial charge in [0, 0.05) is 24.2 Å². The van der Waals surface area contributed by atoms with Crippen molar-refractivity contribution in [1.82, 2.24) is 19.7 Å². The maximum Gasteiger partial charge on any atom is 0.260 e. The second-order valence-electron chi connectivity index (χ2n) is 4.62. The minimum atomic E-state index is -0.175. The Morgan fingerprint density at radius 3 is 3.05 bits per heavy atom. The molecule has 21 heavy (non-hydrogen) atoms. The number of H-pyrrole nitrogens is 1. The Morgan fingerprint density at radius 1 is 1.43 bits per heavy atom. The molecule has 0 radical (unpaired) electrons. The fourth-order valence-corrected chi connectivity index (χ4v) is 3.17. The highest BCUT2D eigenvalue weighted by Gasteiger charge is 2.15. The molecule has 0 saturated carbocycles. The molecule has 0 aliphatic rings. The Bertz CT molecular complexity index is 978. The highest BCUT2D eigenvalue weighted by Crippen LogP contribution is 2.31. The molecule has 1 N–H and O–H groups in total. The lowest BCUT2D eigenvalue weighted by atomic mass is 10.2. The molecular formula is C14H10N4O2S. The Balaban J connectivity index is 1.95. The van der Waals surface area contributed by atoms with Gasteiger partial charge in [-0.1, -0.05) is 0 Å². The van der Waals surface area contributed by atoms with Crippen molar-refractivity contribution in [3.05, 3.63) is 46.5 Å². The van der Waals surface area contributed by atoms with Gasteiger partial charge in [-0.3, -0.25) is 9.48 Å². The quantitative estimate of drug-likeness (QED) is 0.617. The number of nitrogens with one attached hydrogen (secondary N) is 1. The van der Waals surface area contributed by atoms with Crippen molar-refractivity contribution in [3.63, 3.8) is 0 Å². The first kappa shape index (κ1) is 12.1. The molecule has 4 aromatic rings. The zero-order chi connectivity index (χ0) is 14.4. The van der Waals surface area contributed by atoms with Gasteiger partial charge < -0.3 is 9.40 Å². The molecule has 0 atom stereocenters. The van der Waals surface area contributed by atoms with Crippen LogP contribution in [0, 0.1) is 0 Å². The fourth-order valence-electron chi connectivity index (χ4n) is 2.24. The summed E-state index contributed by atoms with van der Waals surface area (Å²) >= 11 is 1.42. The number of aryl methyl sites for hydroxylation is 1. The SMILES string of the molecule is Cn1cc(-c2nc3scc(-c4ccco4)c3c(=O)[nH]2)cn1. The van der Waals surface area contributed by atoms with Gasteiger partial charge in [-0.25, -0.2) is 4.98 Å². The van der Waals surface area contributed by atoms with Crippen molar-refractivity contribution in [2.24, 2.45) is 7.05 Å². The minimum absolute atomic E-state index is 0.175. The van der Waals surface area contributed by atoms with Gasteiger partial charge in [0.05, 0.1) is 23.4 Å². The van der Waals surface area contributed by atoms with Crippen molar-refractivity contribution in [1.29, 1.82) is 0 Å². The van der Waals surface area contributed by atoms with Crippen LogP contribution in [0.4, 0.5) is 0 Å². The summed E-state index contributed by atoms with van der Waals surface area (Å²) in [6.07, 6.45) is 5.07. The van der Waals surface area contributed by atoms with E-state index in [1.54, 1.807) is 23.2 Å². The van der Waals surface area contributed by atoms with Crippen LogP contribution in [0.15, 0.2) is 45.4 Å². The number of hydrogen-bond donors (Lipinski definition) is 1. The van der Waals surface area contributed by atoms with Crippen LogP contribution in [0.1, 0.15) is 0 Å². The molecule has 104 valence electrons. The molecule has 4 aromatic heterocycles. The summed E-state index contributed by atoms with van der Waals surface area (Å²) in [4.78, 5) is 20.4. The zero-order valence-corrected chi connectivity index (χ0v) is 11.8. The second kappa shape index (κ2) is 4.42. The van der Waals surface area contributed by atoms with Crippen LogP contribution in [0.25, 0.3) is 32.9 Å². The van der Waals surface area contributed by atoms with Gasteiger partial charge in [0.1, 0.15) is 16.4 Å². The first-order valence-electron chi connectivity index (χ1n) is 6.27. The van der Waals surface area contributed by atoms with Gasteiger partial charge in [0.15, 0.2) is 0 Å². The molecule has 7 heteroatoms. The van der Waals surface area contributed by atoms with Crippen LogP contribution in [0.2, 0.25) is 0 Å². The molecule has 0 aromatic carbocycles. The first-order valence-corrected chi connectivity index (χ1v) is 7.15. The standard InChI is InChI=1S/C14H10N4O2S/c1-18-6-8(5-15-18)12-16-13(19)11-9(7-21-14(11)17-12)10-3-2-4-20-10/h2-7H,1H3,(H,16,17,19). The Hall–Kier alpha value is -2.67. The number of aromatic amines is 1. The summed E-state index contributed by atoms with van der Waals surface area (Å²) in [6, 6.07) is 3.63. The second-order valence-corrected chi connectivity index (χ2v) is 5.48. The summed E-state index contributed by atoms with van der Waals surface area (Å²) in [5.41, 5.74) is 1.38. The Labute approximate surface area is 122 Å². The molecule has 0 aliphatic heterocycles. The van der Waals surface area contributed by atoms with Crippen LogP contribution in [0.3, 0.4) is 0 Å². The maximum atomic E-state index is 12.4. The van der Waals surface area contributed by atoms with Gasteiger partial charge in [-0.05, 0) is 12.1 Å². The van der Waals surface area contributed by atoms with Crippen molar-refractivity contribution in [3.8, 4) is 22.7 Å². The number of nitrogens with zero attached hydrogens (tertiary/aromatic N) is 3. The lowest BCUT2D eigenvalue weighted by Crippen LogP contribution is -2.08. The number of thiophene rings is 1. The topological polar surface area (TPSA) is 76.7 Å². The molecule has 6 nitrogen and oxygen atoms in total. The smallest absolute Gasteiger partial charge is 0.260 e. The molecule has 4 heterocycles. The molecule has 0 bridgehead atoms. The van der Waals surface area contributed by atoms with Gasteiger partial charge >= 0.3 is 0 Å². The van der Waals surface area contributed by atoms with E-state index in [2.05, 4.69) is 15.1 Å². The van der Waals surface area contributed by atoms with Crippen LogP contribution >= 0.6 is 11.3 Å². The average Bonchev–Trinajstić information content (AvgIpc) is 3.16. The summed E-state index contributed by atoms with van der Waals surface area (Å²) in [7, 11) is 1.82.